The second kappa shape index (κ2) is 6.13. The lowest BCUT2D eigenvalue weighted by Crippen LogP contribution is -2.44. The van der Waals surface area contributed by atoms with Gasteiger partial charge in [0.05, 0.1) is 13.2 Å². The minimum Gasteiger partial charge on any atom is -0.490 e. The molecular formula is C15H21NO4. The molecule has 0 bridgehead atoms. The van der Waals surface area contributed by atoms with Crippen LogP contribution in [0.2, 0.25) is 0 Å². The normalized spacial score (nSPS) is 14.6. The summed E-state index contributed by atoms with van der Waals surface area (Å²) < 4.78 is 11.1. The molecule has 2 rings (SSSR count). The first-order valence-electron chi connectivity index (χ1n) is 6.85. The molecule has 5 nitrogen and oxygen atoms in total. The Kier molecular flexibility index (Phi) is 4.49. The van der Waals surface area contributed by atoms with Crippen molar-refractivity contribution in [3.8, 4) is 11.5 Å². The van der Waals surface area contributed by atoms with Crippen molar-refractivity contribution in [3.63, 3.8) is 0 Å². The number of benzene rings is 1. The van der Waals surface area contributed by atoms with E-state index in [1.165, 1.54) is 0 Å². The zero-order valence-electron chi connectivity index (χ0n) is 11.9. The molecule has 1 heterocycles. The Hall–Kier alpha value is -1.75. The van der Waals surface area contributed by atoms with E-state index in [2.05, 4.69) is 5.32 Å². The number of hydrogen-bond acceptors (Lipinski definition) is 4. The van der Waals surface area contributed by atoms with Crippen LogP contribution in [0.5, 0.6) is 11.5 Å². The van der Waals surface area contributed by atoms with Gasteiger partial charge in [0.15, 0.2) is 11.5 Å². The highest BCUT2D eigenvalue weighted by Crippen LogP contribution is 2.30. The van der Waals surface area contributed by atoms with Gasteiger partial charge in [-0.15, -0.1) is 0 Å². The molecule has 0 fully saturated rings. The largest absolute Gasteiger partial charge is 0.490 e. The lowest BCUT2D eigenvalue weighted by Gasteiger charge is -2.25. The summed E-state index contributed by atoms with van der Waals surface area (Å²) in [5.74, 6) is 1.10. The Morgan fingerprint density at radius 2 is 2.00 bits per heavy atom. The molecule has 1 aliphatic rings. The van der Waals surface area contributed by atoms with Crippen LogP contribution in [-0.2, 0) is 0 Å². The van der Waals surface area contributed by atoms with E-state index in [1.807, 2.05) is 13.8 Å². The van der Waals surface area contributed by atoms with Gasteiger partial charge in [-0.1, -0.05) is 0 Å². The Labute approximate surface area is 118 Å². The molecule has 5 heteroatoms. The van der Waals surface area contributed by atoms with Gasteiger partial charge in [0, 0.05) is 24.1 Å². The summed E-state index contributed by atoms with van der Waals surface area (Å²) in [5.41, 5.74) is 0.0796. The van der Waals surface area contributed by atoms with Crippen molar-refractivity contribution in [2.75, 3.05) is 19.8 Å². The van der Waals surface area contributed by atoms with Gasteiger partial charge >= 0.3 is 0 Å². The summed E-state index contributed by atoms with van der Waals surface area (Å²) in [6.07, 6.45) is 1.34. The number of ether oxygens (including phenoxy) is 2. The minimum absolute atomic E-state index is 0.0361. The Morgan fingerprint density at radius 1 is 1.30 bits per heavy atom. The van der Waals surface area contributed by atoms with Crippen LogP contribution in [0.15, 0.2) is 18.2 Å². The molecule has 1 aromatic carbocycles. The van der Waals surface area contributed by atoms with E-state index in [9.17, 15) is 4.79 Å². The van der Waals surface area contributed by atoms with E-state index in [4.69, 9.17) is 14.6 Å². The maximum Gasteiger partial charge on any atom is 0.251 e. The third-order valence-corrected chi connectivity index (χ3v) is 3.20. The number of amides is 1. The fraction of sp³-hybridized carbons (Fsp3) is 0.533. The second-order valence-electron chi connectivity index (χ2n) is 5.52. The number of rotatable bonds is 4. The molecule has 1 aromatic rings. The van der Waals surface area contributed by atoms with E-state index in [-0.39, 0.29) is 12.5 Å². The number of carbonyl (C=O) groups excluding carboxylic acids is 1. The average Bonchev–Trinajstić information content (AvgIpc) is 2.62. The first kappa shape index (κ1) is 14.7. The van der Waals surface area contributed by atoms with E-state index in [0.717, 1.165) is 6.42 Å². The molecule has 110 valence electrons. The highest BCUT2D eigenvalue weighted by molar-refractivity contribution is 5.95. The number of aliphatic hydroxyl groups is 1. The van der Waals surface area contributed by atoms with Gasteiger partial charge in [-0.3, -0.25) is 4.79 Å². The van der Waals surface area contributed by atoms with Crippen molar-refractivity contribution >= 4 is 5.91 Å². The van der Waals surface area contributed by atoms with Crippen LogP contribution in [0.4, 0.5) is 0 Å². The summed E-state index contributed by atoms with van der Waals surface area (Å²) in [7, 11) is 0. The molecule has 0 saturated carbocycles. The van der Waals surface area contributed by atoms with Crippen LogP contribution >= 0.6 is 0 Å². The van der Waals surface area contributed by atoms with E-state index in [1.54, 1.807) is 18.2 Å². The highest BCUT2D eigenvalue weighted by atomic mass is 16.5. The number of fused-ring (bicyclic) bond motifs is 1. The van der Waals surface area contributed by atoms with E-state index in [0.29, 0.717) is 36.7 Å². The topological polar surface area (TPSA) is 67.8 Å². The minimum atomic E-state index is -0.448. The van der Waals surface area contributed by atoms with Gasteiger partial charge in [-0.05, 0) is 38.5 Å². The molecular weight excluding hydrogens is 258 g/mol. The van der Waals surface area contributed by atoms with Crippen LogP contribution in [0.25, 0.3) is 0 Å². The second-order valence-corrected chi connectivity index (χ2v) is 5.52. The van der Waals surface area contributed by atoms with Crippen LogP contribution in [0, 0.1) is 0 Å². The lowest BCUT2D eigenvalue weighted by atomic mass is 10.0. The average molecular weight is 279 g/mol. The molecule has 2 N–H and O–H groups in total. The van der Waals surface area contributed by atoms with Gasteiger partial charge in [0.25, 0.3) is 5.91 Å². The number of hydrogen-bond donors (Lipinski definition) is 2. The highest BCUT2D eigenvalue weighted by Gasteiger charge is 2.21. The van der Waals surface area contributed by atoms with Gasteiger partial charge in [-0.25, -0.2) is 0 Å². The van der Waals surface area contributed by atoms with Crippen molar-refractivity contribution in [1.29, 1.82) is 0 Å². The third-order valence-electron chi connectivity index (χ3n) is 3.20. The molecule has 0 unspecified atom stereocenters. The fourth-order valence-corrected chi connectivity index (χ4v) is 2.03. The summed E-state index contributed by atoms with van der Waals surface area (Å²) in [4.78, 5) is 12.2. The molecule has 0 aliphatic carbocycles. The Bertz CT molecular complexity index is 485. The maximum atomic E-state index is 12.2. The van der Waals surface area contributed by atoms with Gasteiger partial charge in [0.2, 0.25) is 0 Å². The molecule has 0 aromatic heterocycles. The molecule has 0 spiro atoms. The molecule has 20 heavy (non-hydrogen) atoms. The third kappa shape index (κ3) is 3.63. The Balaban J connectivity index is 2.13. The van der Waals surface area contributed by atoms with Crippen molar-refractivity contribution in [2.45, 2.75) is 32.2 Å². The van der Waals surface area contributed by atoms with Crippen molar-refractivity contribution in [3.05, 3.63) is 23.8 Å². The zero-order valence-corrected chi connectivity index (χ0v) is 11.9. The van der Waals surface area contributed by atoms with Crippen LogP contribution in [0.3, 0.4) is 0 Å². The van der Waals surface area contributed by atoms with Gasteiger partial charge < -0.3 is 19.9 Å². The van der Waals surface area contributed by atoms with E-state index >= 15 is 0 Å². The van der Waals surface area contributed by atoms with Crippen LogP contribution in [-0.4, -0.2) is 36.4 Å². The van der Waals surface area contributed by atoms with Crippen LogP contribution < -0.4 is 14.8 Å². The maximum absolute atomic E-state index is 12.2. The molecule has 0 saturated heterocycles. The van der Waals surface area contributed by atoms with Crippen molar-refractivity contribution in [1.82, 2.24) is 5.32 Å². The van der Waals surface area contributed by atoms with Crippen LogP contribution in [0.1, 0.15) is 37.0 Å². The number of aliphatic hydroxyl groups excluding tert-OH is 1. The SMILES string of the molecule is CC(C)(CCO)NC(=O)c1ccc2c(c1)OCCCO2. The molecule has 1 amide bonds. The van der Waals surface area contributed by atoms with E-state index < -0.39 is 5.54 Å². The summed E-state index contributed by atoms with van der Waals surface area (Å²) in [6, 6.07) is 5.18. The Morgan fingerprint density at radius 3 is 2.70 bits per heavy atom. The van der Waals surface area contributed by atoms with Crippen molar-refractivity contribution < 1.29 is 19.4 Å². The smallest absolute Gasteiger partial charge is 0.251 e. The lowest BCUT2D eigenvalue weighted by molar-refractivity contribution is 0.0899. The number of nitrogens with one attached hydrogen (secondary N) is 1. The predicted molar refractivity (Wildman–Crippen MR) is 75.3 cm³/mol. The molecule has 1 aliphatic heterocycles. The first-order valence-corrected chi connectivity index (χ1v) is 6.85. The molecule has 0 atom stereocenters. The number of carbonyl (C=O) groups is 1. The molecule has 0 radical (unpaired) electrons. The zero-order chi connectivity index (χ0) is 14.6. The fourth-order valence-electron chi connectivity index (χ4n) is 2.03. The predicted octanol–water partition coefficient (Wildman–Crippen LogP) is 1.74. The van der Waals surface area contributed by atoms with Gasteiger partial charge in [-0.2, -0.15) is 0 Å². The monoisotopic (exact) mass is 279 g/mol. The summed E-state index contributed by atoms with van der Waals surface area (Å²) in [5, 5.41) is 11.9. The summed E-state index contributed by atoms with van der Waals surface area (Å²) >= 11 is 0. The summed E-state index contributed by atoms with van der Waals surface area (Å²) in [6.45, 7) is 5.01. The van der Waals surface area contributed by atoms with Crippen molar-refractivity contribution in [2.24, 2.45) is 0 Å². The van der Waals surface area contributed by atoms with Gasteiger partial charge in [0.1, 0.15) is 0 Å². The first-order chi connectivity index (χ1) is 9.52. The standard InChI is InChI=1S/C15H21NO4/c1-15(2,6-7-17)16-14(18)11-4-5-12-13(10-11)20-9-3-8-19-12/h4-5,10,17H,3,6-9H2,1-2H3,(H,16,18). The quantitative estimate of drug-likeness (QED) is 0.881.